The van der Waals surface area contributed by atoms with E-state index >= 15 is 0 Å². The molecule has 1 heterocycles. The summed E-state index contributed by atoms with van der Waals surface area (Å²) in [6.07, 6.45) is 1.38. The van der Waals surface area contributed by atoms with Gasteiger partial charge >= 0.3 is 5.97 Å². The number of ketones is 1. The summed E-state index contributed by atoms with van der Waals surface area (Å²) < 4.78 is 16.4. The van der Waals surface area contributed by atoms with Crippen LogP contribution in [0.25, 0.3) is 0 Å². The lowest BCUT2D eigenvalue weighted by Crippen LogP contribution is -2.35. The molecule has 0 aromatic heterocycles. The number of ether oxygens (including phenoxy) is 3. The summed E-state index contributed by atoms with van der Waals surface area (Å²) >= 11 is 0. The molecule has 0 fully saturated rings. The van der Waals surface area contributed by atoms with E-state index in [1.54, 1.807) is 24.3 Å². The number of carbonyl (C=O) groups is 8. The SMILES string of the molecule is NC(N)=Nc1cccc(C(=O)NCC(=O)CC(CC(=O)O)C(=O)Nc2ccc(OCCNC(=O)CCOCCOCCNC(=O)CCN3C(=O)C=CC3=O)cc2)c1. The number of nitrogens with two attached hydrogens (primary N) is 2. The number of carboxylic acids is 1. The molecule has 306 valence electrons. The molecule has 0 aliphatic carbocycles. The molecule has 0 bridgehead atoms. The van der Waals surface area contributed by atoms with Crippen LogP contribution in [0.3, 0.4) is 0 Å². The second kappa shape index (κ2) is 24.0. The number of rotatable bonds is 26. The van der Waals surface area contributed by atoms with Crippen molar-refractivity contribution >= 4 is 64.5 Å². The summed E-state index contributed by atoms with van der Waals surface area (Å²) in [7, 11) is 0. The summed E-state index contributed by atoms with van der Waals surface area (Å²) in [6.45, 7) is 1.07. The standard InChI is InChI=1S/C37H46N8O12/c38-37(39)44-27-3-1-2-24(20-27)35(53)42-23-28(46)21-25(22-34(51)52)36(54)43-26-4-6-29(7-5-26)57-17-13-41-31(48)11-15-55-18-19-56-16-12-40-30(47)10-14-45-32(49)8-9-33(45)50/h1-9,20,25H,10-19,21-23H2,(H,40,47)(H,41,48)(H,42,53)(H,43,54)(H,51,52)(H4,38,39,44). The van der Waals surface area contributed by atoms with Crippen molar-refractivity contribution in [3.8, 4) is 5.75 Å². The number of carbonyl (C=O) groups excluding carboxylic acids is 7. The normalized spacial score (nSPS) is 12.4. The van der Waals surface area contributed by atoms with E-state index in [0.717, 1.165) is 17.1 Å². The van der Waals surface area contributed by atoms with Crippen LogP contribution in [0, 0.1) is 5.92 Å². The molecule has 0 saturated carbocycles. The molecule has 1 atom stereocenters. The monoisotopic (exact) mass is 794 g/mol. The second-order valence-corrected chi connectivity index (χ2v) is 12.3. The minimum absolute atomic E-state index is 0.00623. The number of hydrogen-bond donors (Lipinski definition) is 7. The van der Waals surface area contributed by atoms with Crippen LogP contribution in [0.5, 0.6) is 5.75 Å². The molecule has 0 radical (unpaired) electrons. The van der Waals surface area contributed by atoms with Crippen LogP contribution in [0.2, 0.25) is 0 Å². The summed E-state index contributed by atoms with van der Waals surface area (Å²) in [5.41, 5.74) is 11.6. The molecule has 3 rings (SSSR count). The van der Waals surface area contributed by atoms with Gasteiger partial charge in [-0.2, -0.15) is 0 Å². The van der Waals surface area contributed by atoms with Gasteiger partial charge in [-0.25, -0.2) is 4.99 Å². The fourth-order valence-electron chi connectivity index (χ4n) is 4.99. The molecule has 57 heavy (non-hydrogen) atoms. The molecule has 9 N–H and O–H groups in total. The van der Waals surface area contributed by atoms with Gasteiger partial charge in [0.2, 0.25) is 17.7 Å². The van der Waals surface area contributed by atoms with E-state index < -0.39 is 60.7 Å². The van der Waals surface area contributed by atoms with E-state index in [0.29, 0.717) is 17.1 Å². The van der Waals surface area contributed by atoms with Crippen molar-refractivity contribution in [2.45, 2.75) is 25.7 Å². The van der Waals surface area contributed by atoms with Gasteiger partial charge in [-0.05, 0) is 42.5 Å². The van der Waals surface area contributed by atoms with Crippen molar-refractivity contribution in [3.05, 3.63) is 66.2 Å². The zero-order valence-corrected chi connectivity index (χ0v) is 31.0. The second-order valence-electron chi connectivity index (χ2n) is 12.3. The van der Waals surface area contributed by atoms with Crippen molar-refractivity contribution in [2.75, 3.05) is 64.5 Å². The molecule has 2 aromatic rings. The maximum Gasteiger partial charge on any atom is 0.304 e. The van der Waals surface area contributed by atoms with E-state index in [9.17, 15) is 43.5 Å². The number of aliphatic imine (C=N–C) groups is 1. The van der Waals surface area contributed by atoms with Gasteiger partial charge in [0.25, 0.3) is 17.7 Å². The lowest BCUT2D eigenvalue weighted by atomic mass is 9.97. The number of benzene rings is 2. The fourth-order valence-corrected chi connectivity index (χ4v) is 4.99. The molecule has 1 aliphatic heterocycles. The number of guanidine groups is 1. The average Bonchev–Trinajstić information content (AvgIpc) is 3.49. The maximum absolute atomic E-state index is 12.9. The molecule has 1 unspecified atom stereocenters. The topological polar surface area (TPSA) is 300 Å². The Balaban J connectivity index is 1.24. The Kier molecular flexibility index (Phi) is 18.8. The number of Topliss-reactive ketones (excluding diaryl/α,β-unsaturated/α-hetero) is 1. The summed E-state index contributed by atoms with van der Waals surface area (Å²) in [6, 6.07) is 12.2. The molecule has 1 aliphatic rings. The zero-order valence-electron chi connectivity index (χ0n) is 31.0. The Morgan fingerprint density at radius 3 is 2.09 bits per heavy atom. The highest BCUT2D eigenvalue weighted by Crippen LogP contribution is 2.19. The van der Waals surface area contributed by atoms with Gasteiger partial charge in [-0.3, -0.25) is 43.3 Å². The molecule has 20 heteroatoms. The number of nitrogens with one attached hydrogen (secondary N) is 4. The number of carboxylic acid groups (broad SMARTS) is 1. The molecule has 2 aromatic carbocycles. The summed E-state index contributed by atoms with van der Waals surface area (Å²) in [5.74, 6) is -5.52. The first kappa shape index (κ1) is 44.7. The third kappa shape index (κ3) is 17.6. The first-order valence-corrected chi connectivity index (χ1v) is 17.8. The predicted molar refractivity (Wildman–Crippen MR) is 203 cm³/mol. The average molecular weight is 795 g/mol. The first-order valence-electron chi connectivity index (χ1n) is 17.8. The third-order valence-corrected chi connectivity index (χ3v) is 7.77. The number of aliphatic carboxylic acids is 1. The van der Waals surface area contributed by atoms with Gasteiger partial charge in [0.1, 0.15) is 12.4 Å². The molecular weight excluding hydrogens is 748 g/mol. The van der Waals surface area contributed by atoms with E-state index in [1.165, 1.54) is 24.3 Å². The number of amides is 6. The van der Waals surface area contributed by atoms with Gasteiger partial charge in [-0.1, -0.05) is 6.07 Å². The van der Waals surface area contributed by atoms with Crippen LogP contribution in [-0.2, 0) is 43.0 Å². The van der Waals surface area contributed by atoms with Crippen LogP contribution in [0.1, 0.15) is 36.0 Å². The van der Waals surface area contributed by atoms with Crippen LogP contribution in [0.4, 0.5) is 11.4 Å². The summed E-state index contributed by atoms with van der Waals surface area (Å²) in [5, 5.41) is 19.7. The Morgan fingerprint density at radius 1 is 0.772 bits per heavy atom. The molecule has 0 spiro atoms. The van der Waals surface area contributed by atoms with E-state index in [2.05, 4.69) is 26.3 Å². The molecular formula is C37H46N8O12. The first-order chi connectivity index (χ1) is 27.3. The van der Waals surface area contributed by atoms with Gasteiger partial charge in [-0.15, -0.1) is 0 Å². The lowest BCUT2D eigenvalue weighted by molar-refractivity contribution is -0.141. The van der Waals surface area contributed by atoms with Crippen molar-refractivity contribution in [1.82, 2.24) is 20.9 Å². The number of nitrogens with zero attached hydrogens (tertiary/aromatic N) is 2. The van der Waals surface area contributed by atoms with Crippen molar-refractivity contribution < 1.29 is 57.7 Å². The largest absolute Gasteiger partial charge is 0.492 e. The Labute approximate surface area is 327 Å². The highest BCUT2D eigenvalue weighted by atomic mass is 16.5. The van der Waals surface area contributed by atoms with Crippen molar-refractivity contribution in [1.29, 1.82) is 0 Å². The summed E-state index contributed by atoms with van der Waals surface area (Å²) in [4.78, 5) is 101. The third-order valence-electron chi connectivity index (χ3n) is 7.77. The van der Waals surface area contributed by atoms with Crippen molar-refractivity contribution in [3.63, 3.8) is 0 Å². The van der Waals surface area contributed by atoms with Crippen LogP contribution < -0.4 is 37.5 Å². The minimum Gasteiger partial charge on any atom is -0.492 e. The highest BCUT2D eigenvalue weighted by molar-refractivity contribution is 6.13. The number of hydrogen-bond acceptors (Lipinski definition) is 12. The molecule has 0 saturated heterocycles. The van der Waals surface area contributed by atoms with E-state index in [1.807, 2.05) is 0 Å². The van der Waals surface area contributed by atoms with Crippen molar-refractivity contribution in [2.24, 2.45) is 22.4 Å². The number of imide groups is 1. The van der Waals surface area contributed by atoms with Gasteiger partial charge in [0, 0.05) is 55.8 Å². The number of anilines is 1. The maximum atomic E-state index is 12.9. The highest BCUT2D eigenvalue weighted by Gasteiger charge is 2.26. The van der Waals surface area contributed by atoms with Gasteiger partial charge in [0.15, 0.2) is 11.7 Å². The van der Waals surface area contributed by atoms with Crippen LogP contribution >= 0.6 is 0 Å². The smallest absolute Gasteiger partial charge is 0.304 e. The van der Waals surface area contributed by atoms with Gasteiger partial charge in [0.05, 0.1) is 57.5 Å². The predicted octanol–water partition coefficient (Wildman–Crippen LogP) is -0.640. The Morgan fingerprint density at radius 2 is 1.42 bits per heavy atom. The lowest BCUT2D eigenvalue weighted by Gasteiger charge is -2.15. The van der Waals surface area contributed by atoms with Gasteiger partial charge < -0.3 is 52.1 Å². The molecule has 20 nitrogen and oxygen atoms in total. The minimum atomic E-state index is -1.28. The quantitative estimate of drug-likeness (QED) is 0.0270. The Hall–Kier alpha value is -6.67. The molecule has 6 amide bonds. The van der Waals surface area contributed by atoms with Crippen LogP contribution in [0.15, 0.2) is 65.7 Å². The van der Waals surface area contributed by atoms with E-state index in [4.69, 9.17) is 25.7 Å². The fraction of sp³-hybridized carbons (Fsp3) is 0.378. The Bertz CT molecular complexity index is 1790. The van der Waals surface area contributed by atoms with Crippen LogP contribution in [-0.4, -0.2) is 122 Å². The van der Waals surface area contributed by atoms with E-state index in [-0.39, 0.29) is 88.8 Å². The zero-order chi connectivity index (χ0) is 41.6.